The summed E-state index contributed by atoms with van der Waals surface area (Å²) in [5.41, 5.74) is 2.26. The summed E-state index contributed by atoms with van der Waals surface area (Å²) in [5.74, 6) is -0.872. The number of rotatable bonds is 6. The number of nitrogens with zero attached hydrogens (tertiary/aromatic N) is 3. The van der Waals surface area contributed by atoms with Crippen LogP contribution in [0.1, 0.15) is 36.8 Å². The summed E-state index contributed by atoms with van der Waals surface area (Å²) in [4.78, 5) is 35.8. The van der Waals surface area contributed by atoms with E-state index in [9.17, 15) is 14.4 Å². The van der Waals surface area contributed by atoms with Gasteiger partial charge in [0.15, 0.2) is 0 Å². The average Bonchev–Trinajstić information content (AvgIpc) is 3.16. The first kappa shape index (κ1) is 16.8. The molecule has 1 fully saturated rings. The number of imide groups is 1. The fourth-order valence-corrected chi connectivity index (χ4v) is 2.54. The van der Waals surface area contributed by atoms with E-state index in [-0.39, 0.29) is 37.2 Å². The fourth-order valence-electron chi connectivity index (χ4n) is 2.54. The maximum Gasteiger partial charge on any atom is 0.322 e. The summed E-state index contributed by atoms with van der Waals surface area (Å²) in [7, 11) is 0. The number of benzene rings is 1. The van der Waals surface area contributed by atoms with Crippen molar-refractivity contribution >= 4 is 23.7 Å². The largest absolute Gasteiger partial charge is 0.407 e. The molecule has 1 aromatic carbocycles. The molecule has 1 N–H and O–H groups in total. The number of aromatic nitrogens is 2. The minimum atomic E-state index is -0.550. The van der Waals surface area contributed by atoms with Crippen LogP contribution in [0.4, 0.5) is 6.01 Å². The lowest BCUT2D eigenvalue weighted by Crippen LogP contribution is -2.36. The van der Waals surface area contributed by atoms with E-state index in [0.29, 0.717) is 12.3 Å². The van der Waals surface area contributed by atoms with Crippen LogP contribution in [-0.2, 0) is 27.2 Å². The van der Waals surface area contributed by atoms with Crippen molar-refractivity contribution < 1.29 is 18.8 Å². The third kappa shape index (κ3) is 4.09. The van der Waals surface area contributed by atoms with Gasteiger partial charge in [0.05, 0.1) is 6.42 Å². The summed E-state index contributed by atoms with van der Waals surface area (Å²) in [6.07, 6.45) is 1.72. The predicted octanol–water partition coefficient (Wildman–Crippen LogP) is 1.31. The van der Waals surface area contributed by atoms with Crippen LogP contribution in [0.2, 0.25) is 0 Å². The number of anilines is 1. The molecule has 25 heavy (non-hydrogen) atoms. The Kier molecular flexibility index (Phi) is 4.87. The summed E-state index contributed by atoms with van der Waals surface area (Å²) in [6, 6.07) is 8.01. The minimum Gasteiger partial charge on any atom is -0.407 e. The average molecular weight is 342 g/mol. The van der Waals surface area contributed by atoms with Gasteiger partial charge in [-0.2, -0.15) is 0 Å². The Morgan fingerprint density at radius 2 is 1.76 bits per heavy atom. The molecule has 2 heterocycles. The van der Waals surface area contributed by atoms with E-state index >= 15 is 0 Å². The second-order valence-electron chi connectivity index (χ2n) is 5.77. The van der Waals surface area contributed by atoms with Crippen molar-refractivity contribution in [3.05, 3.63) is 41.3 Å². The molecule has 0 spiro atoms. The Morgan fingerprint density at radius 3 is 2.40 bits per heavy atom. The molecule has 0 atom stereocenters. The summed E-state index contributed by atoms with van der Waals surface area (Å²) >= 11 is 0. The number of hydrogen-bond acceptors (Lipinski definition) is 6. The van der Waals surface area contributed by atoms with Gasteiger partial charge in [-0.25, -0.2) is 0 Å². The summed E-state index contributed by atoms with van der Waals surface area (Å²) in [5, 5.41) is 10.1. The molecule has 1 aliphatic heterocycles. The predicted molar refractivity (Wildman–Crippen MR) is 87.5 cm³/mol. The molecule has 130 valence electrons. The fraction of sp³-hybridized carbons (Fsp3) is 0.353. The van der Waals surface area contributed by atoms with Crippen molar-refractivity contribution in [1.29, 1.82) is 0 Å². The van der Waals surface area contributed by atoms with Gasteiger partial charge in [0.25, 0.3) is 0 Å². The molecule has 0 bridgehead atoms. The van der Waals surface area contributed by atoms with Crippen LogP contribution in [0.15, 0.2) is 28.7 Å². The van der Waals surface area contributed by atoms with Crippen molar-refractivity contribution in [2.24, 2.45) is 0 Å². The van der Waals surface area contributed by atoms with Gasteiger partial charge >= 0.3 is 6.01 Å². The number of hydrogen-bond donors (Lipinski definition) is 1. The lowest BCUT2D eigenvalue weighted by molar-refractivity contribution is -0.141. The molecule has 8 nitrogen and oxygen atoms in total. The zero-order valence-electron chi connectivity index (χ0n) is 13.8. The van der Waals surface area contributed by atoms with Gasteiger partial charge in [-0.3, -0.25) is 24.6 Å². The van der Waals surface area contributed by atoms with E-state index in [1.54, 1.807) is 0 Å². The first-order valence-corrected chi connectivity index (χ1v) is 8.08. The minimum absolute atomic E-state index is 0.0516. The molecule has 1 aliphatic rings. The Balaban J connectivity index is 1.56. The highest BCUT2D eigenvalue weighted by molar-refractivity contribution is 6.05. The smallest absolute Gasteiger partial charge is 0.322 e. The lowest BCUT2D eigenvalue weighted by Gasteiger charge is -2.11. The number of carbonyl (C=O) groups excluding carboxylic acids is 3. The molecule has 0 saturated carbocycles. The van der Waals surface area contributed by atoms with E-state index in [0.717, 1.165) is 16.9 Å². The van der Waals surface area contributed by atoms with Gasteiger partial charge in [0.2, 0.25) is 23.6 Å². The van der Waals surface area contributed by atoms with Crippen molar-refractivity contribution in [2.75, 3.05) is 11.9 Å². The van der Waals surface area contributed by atoms with Crippen molar-refractivity contribution in [3.63, 3.8) is 0 Å². The number of aryl methyl sites for hydroxylation is 1. The van der Waals surface area contributed by atoms with Crippen LogP contribution in [0, 0.1) is 0 Å². The van der Waals surface area contributed by atoms with E-state index in [4.69, 9.17) is 4.42 Å². The van der Waals surface area contributed by atoms with E-state index in [1.807, 2.05) is 24.3 Å². The Bertz CT molecular complexity index is 781. The number of carbonyl (C=O) groups is 3. The molecule has 3 rings (SSSR count). The van der Waals surface area contributed by atoms with Crippen LogP contribution in [0.3, 0.4) is 0 Å². The van der Waals surface area contributed by atoms with Crippen LogP contribution in [-0.4, -0.2) is 39.4 Å². The quantitative estimate of drug-likeness (QED) is 0.794. The molecule has 2 aromatic rings. The standard InChI is InChI=1S/C17H18N4O4/c1-2-11-3-5-12(6-4-11)9-14-19-20-17(25-14)18-13(22)10-21-15(23)7-8-16(21)24/h3-6H,2,7-10H2,1H3,(H,18,20,22). The number of amides is 3. The molecule has 1 aromatic heterocycles. The first-order valence-electron chi connectivity index (χ1n) is 8.08. The molecular weight excluding hydrogens is 324 g/mol. The maximum atomic E-state index is 11.9. The van der Waals surface area contributed by atoms with Crippen LogP contribution >= 0.6 is 0 Å². The summed E-state index contributed by atoms with van der Waals surface area (Å²) in [6.45, 7) is 1.75. The third-order valence-electron chi connectivity index (χ3n) is 3.96. The number of nitrogens with one attached hydrogen (secondary N) is 1. The Labute approximate surface area is 144 Å². The van der Waals surface area contributed by atoms with Gasteiger partial charge in [-0.15, -0.1) is 5.10 Å². The maximum absolute atomic E-state index is 11.9. The molecule has 0 unspecified atom stereocenters. The SMILES string of the molecule is CCc1ccc(Cc2nnc(NC(=O)CN3C(=O)CCC3=O)o2)cc1. The van der Waals surface area contributed by atoms with Gasteiger partial charge < -0.3 is 4.42 Å². The second kappa shape index (κ2) is 7.25. The molecule has 0 radical (unpaired) electrons. The first-order chi connectivity index (χ1) is 12.0. The lowest BCUT2D eigenvalue weighted by atomic mass is 10.1. The third-order valence-corrected chi connectivity index (χ3v) is 3.96. The summed E-state index contributed by atoms with van der Waals surface area (Å²) < 4.78 is 5.39. The normalized spacial score (nSPS) is 14.2. The van der Waals surface area contributed by atoms with Crippen LogP contribution in [0.25, 0.3) is 0 Å². The van der Waals surface area contributed by atoms with Crippen LogP contribution < -0.4 is 5.32 Å². The highest BCUT2D eigenvalue weighted by Gasteiger charge is 2.30. The van der Waals surface area contributed by atoms with E-state index in [1.165, 1.54) is 5.56 Å². The van der Waals surface area contributed by atoms with Gasteiger partial charge in [-0.05, 0) is 17.5 Å². The van der Waals surface area contributed by atoms with Gasteiger partial charge in [-0.1, -0.05) is 36.3 Å². The molecular formula is C17H18N4O4. The Morgan fingerprint density at radius 1 is 1.12 bits per heavy atom. The van der Waals surface area contributed by atoms with Crippen molar-refractivity contribution in [2.45, 2.75) is 32.6 Å². The molecule has 0 aliphatic carbocycles. The number of likely N-dealkylation sites (tertiary alicyclic amines) is 1. The molecule has 1 saturated heterocycles. The molecule has 8 heteroatoms. The highest BCUT2D eigenvalue weighted by atomic mass is 16.4. The van der Waals surface area contributed by atoms with Crippen molar-refractivity contribution in [1.82, 2.24) is 15.1 Å². The topological polar surface area (TPSA) is 105 Å². The van der Waals surface area contributed by atoms with Crippen molar-refractivity contribution in [3.8, 4) is 0 Å². The monoisotopic (exact) mass is 342 g/mol. The highest BCUT2D eigenvalue weighted by Crippen LogP contribution is 2.14. The van der Waals surface area contributed by atoms with E-state index < -0.39 is 5.91 Å². The van der Waals surface area contributed by atoms with Gasteiger partial charge in [0.1, 0.15) is 6.54 Å². The van der Waals surface area contributed by atoms with Gasteiger partial charge in [0, 0.05) is 12.8 Å². The van der Waals surface area contributed by atoms with Crippen LogP contribution in [0.5, 0.6) is 0 Å². The molecule has 3 amide bonds. The zero-order valence-corrected chi connectivity index (χ0v) is 13.8. The Hall–Kier alpha value is -3.03. The zero-order chi connectivity index (χ0) is 17.8. The second-order valence-corrected chi connectivity index (χ2v) is 5.77. The van der Waals surface area contributed by atoms with E-state index in [2.05, 4.69) is 22.4 Å².